The van der Waals surface area contributed by atoms with Gasteiger partial charge in [0.1, 0.15) is 5.82 Å². The molecule has 0 bridgehead atoms. The third kappa shape index (κ3) is 3.76. The number of para-hydroxylation sites is 2. The van der Waals surface area contributed by atoms with Gasteiger partial charge >= 0.3 is 6.01 Å². The molecule has 2 heterocycles. The molecule has 154 valence electrons. The summed E-state index contributed by atoms with van der Waals surface area (Å²) in [7, 11) is -3.90. The maximum absolute atomic E-state index is 12.5. The van der Waals surface area contributed by atoms with E-state index in [-0.39, 0.29) is 16.8 Å². The summed E-state index contributed by atoms with van der Waals surface area (Å²) in [6.07, 6.45) is 0. The van der Waals surface area contributed by atoms with Crippen LogP contribution in [0.15, 0.2) is 82.1 Å². The minimum atomic E-state index is -3.90. The van der Waals surface area contributed by atoms with E-state index in [0.717, 1.165) is 16.6 Å². The Hall–Kier alpha value is -3.69. The first kappa shape index (κ1) is 19.3. The van der Waals surface area contributed by atoms with Gasteiger partial charge in [-0.1, -0.05) is 47.0 Å². The van der Waals surface area contributed by atoms with Crippen LogP contribution in [-0.4, -0.2) is 28.6 Å². The Balaban J connectivity index is 1.48. The highest BCUT2D eigenvalue weighted by atomic mass is 35.5. The third-order valence-electron chi connectivity index (χ3n) is 4.57. The lowest BCUT2D eigenvalue weighted by Crippen LogP contribution is -2.13. The summed E-state index contributed by atoms with van der Waals surface area (Å²) in [6, 6.07) is 20.5. The second kappa shape index (κ2) is 7.53. The minimum absolute atomic E-state index is 0.0272. The lowest BCUT2D eigenvalue weighted by atomic mass is 10.1. The molecule has 5 rings (SSSR count). The van der Waals surface area contributed by atoms with E-state index in [4.69, 9.17) is 16.0 Å². The van der Waals surface area contributed by atoms with E-state index in [2.05, 4.69) is 24.9 Å². The van der Waals surface area contributed by atoms with E-state index in [9.17, 15) is 8.42 Å². The molecule has 0 saturated carbocycles. The Bertz CT molecular complexity index is 1460. The van der Waals surface area contributed by atoms with Crippen LogP contribution >= 0.6 is 11.6 Å². The van der Waals surface area contributed by atoms with Gasteiger partial charge in [0.2, 0.25) is 0 Å². The van der Waals surface area contributed by atoms with E-state index in [1.54, 1.807) is 6.07 Å². The van der Waals surface area contributed by atoms with Gasteiger partial charge in [0, 0.05) is 16.1 Å². The number of aromatic nitrogens is 4. The van der Waals surface area contributed by atoms with Gasteiger partial charge in [-0.2, -0.15) is 0 Å². The molecule has 0 aliphatic carbocycles. The fourth-order valence-electron chi connectivity index (χ4n) is 3.12. The largest absolute Gasteiger partial charge is 0.403 e. The van der Waals surface area contributed by atoms with E-state index < -0.39 is 10.0 Å². The number of anilines is 1. The first-order valence-corrected chi connectivity index (χ1v) is 11.0. The first-order valence-electron chi connectivity index (χ1n) is 9.16. The molecule has 31 heavy (non-hydrogen) atoms. The number of imidazole rings is 1. The van der Waals surface area contributed by atoms with Crippen molar-refractivity contribution >= 4 is 38.7 Å². The number of benzene rings is 3. The second-order valence-corrected chi connectivity index (χ2v) is 8.74. The maximum Gasteiger partial charge on any atom is 0.330 e. The lowest BCUT2D eigenvalue weighted by Gasteiger charge is -2.04. The quantitative estimate of drug-likeness (QED) is 0.399. The molecule has 5 aromatic rings. The number of fused-ring (bicyclic) bond motifs is 1. The van der Waals surface area contributed by atoms with Gasteiger partial charge in [0.15, 0.2) is 0 Å². The van der Waals surface area contributed by atoms with Crippen molar-refractivity contribution in [2.45, 2.75) is 4.90 Å². The van der Waals surface area contributed by atoms with Gasteiger partial charge in [-0.25, -0.2) is 18.1 Å². The smallest absolute Gasteiger partial charge is 0.330 e. The highest BCUT2D eigenvalue weighted by Crippen LogP contribution is 2.31. The molecule has 0 spiro atoms. The van der Waals surface area contributed by atoms with Crippen LogP contribution in [0.5, 0.6) is 0 Å². The Kier molecular flexibility index (Phi) is 4.68. The number of hydrogen-bond donors (Lipinski definition) is 2. The van der Waals surface area contributed by atoms with E-state index in [0.29, 0.717) is 16.4 Å². The highest BCUT2D eigenvalue weighted by molar-refractivity contribution is 7.92. The van der Waals surface area contributed by atoms with Gasteiger partial charge in [-0.15, -0.1) is 5.10 Å². The Labute approximate surface area is 182 Å². The third-order valence-corrected chi connectivity index (χ3v) is 6.16. The van der Waals surface area contributed by atoms with Crippen LogP contribution in [0.25, 0.3) is 33.9 Å². The molecule has 0 fully saturated rings. The number of rotatable bonds is 5. The van der Waals surface area contributed by atoms with Crippen molar-refractivity contribution in [2.24, 2.45) is 0 Å². The zero-order valence-electron chi connectivity index (χ0n) is 15.8. The van der Waals surface area contributed by atoms with Crippen LogP contribution < -0.4 is 4.72 Å². The zero-order chi connectivity index (χ0) is 21.4. The lowest BCUT2D eigenvalue weighted by molar-refractivity contribution is 0.577. The molecule has 0 amide bonds. The normalized spacial score (nSPS) is 11.6. The van der Waals surface area contributed by atoms with Crippen LogP contribution in [0.1, 0.15) is 0 Å². The summed E-state index contributed by atoms with van der Waals surface area (Å²) < 4.78 is 33.0. The number of H-pyrrole nitrogens is 1. The summed E-state index contributed by atoms with van der Waals surface area (Å²) in [4.78, 5) is 7.91. The number of halogens is 1. The number of nitrogens with one attached hydrogen (secondary N) is 2. The summed E-state index contributed by atoms with van der Waals surface area (Å²) in [5.41, 5.74) is 3.09. The SMILES string of the molecule is O=S(=O)(Nc1nnc(-c2ccccc2-c2nc3ccccc3[nH]2)o1)c1ccc(Cl)cc1. The van der Waals surface area contributed by atoms with Gasteiger partial charge in [0.05, 0.1) is 15.9 Å². The zero-order valence-corrected chi connectivity index (χ0v) is 17.4. The molecular weight excluding hydrogens is 438 g/mol. The molecule has 0 atom stereocenters. The van der Waals surface area contributed by atoms with Crippen molar-refractivity contribution in [3.8, 4) is 22.8 Å². The fraction of sp³-hybridized carbons (Fsp3) is 0. The molecule has 0 aliphatic heterocycles. The standard InChI is InChI=1S/C21H14ClN5O3S/c22-13-9-11-14(12-10-13)31(28,29)27-21-26-25-20(30-21)16-6-2-1-5-15(16)19-23-17-7-3-4-8-18(17)24-19/h1-12H,(H,23,24)(H,26,27). The summed E-state index contributed by atoms with van der Waals surface area (Å²) >= 11 is 5.82. The maximum atomic E-state index is 12.5. The fourth-order valence-corrected chi connectivity index (χ4v) is 4.17. The van der Waals surface area contributed by atoms with E-state index in [1.165, 1.54) is 24.3 Å². The Morgan fingerprint density at radius 2 is 1.58 bits per heavy atom. The van der Waals surface area contributed by atoms with Gasteiger partial charge in [-0.3, -0.25) is 0 Å². The Morgan fingerprint density at radius 1 is 0.871 bits per heavy atom. The van der Waals surface area contributed by atoms with Crippen molar-refractivity contribution in [1.82, 2.24) is 20.2 Å². The van der Waals surface area contributed by atoms with Crippen molar-refractivity contribution < 1.29 is 12.8 Å². The van der Waals surface area contributed by atoms with Crippen molar-refractivity contribution in [2.75, 3.05) is 4.72 Å². The van der Waals surface area contributed by atoms with Gasteiger partial charge < -0.3 is 9.40 Å². The van der Waals surface area contributed by atoms with Crippen LogP contribution in [0, 0.1) is 0 Å². The van der Waals surface area contributed by atoms with Crippen molar-refractivity contribution in [3.63, 3.8) is 0 Å². The average Bonchev–Trinajstić information content (AvgIpc) is 3.40. The molecule has 3 aromatic carbocycles. The average molecular weight is 452 g/mol. The molecule has 2 N–H and O–H groups in total. The number of aromatic amines is 1. The molecule has 0 unspecified atom stereocenters. The molecule has 2 aromatic heterocycles. The van der Waals surface area contributed by atoms with Gasteiger partial charge in [0.25, 0.3) is 15.9 Å². The molecule has 0 saturated heterocycles. The number of sulfonamides is 1. The molecular formula is C21H14ClN5O3S. The van der Waals surface area contributed by atoms with E-state index in [1.807, 2.05) is 42.5 Å². The highest BCUT2D eigenvalue weighted by Gasteiger charge is 2.20. The first-order chi connectivity index (χ1) is 15.0. The summed E-state index contributed by atoms with van der Waals surface area (Å²) in [5.74, 6) is 0.795. The number of nitrogens with zero attached hydrogens (tertiary/aromatic N) is 3. The van der Waals surface area contributed by atoms with Crippen molar-refractivity contribution in [3.05, 3.63) is 77.8 Å². The predicted molar refractivity (Wildman–Crippen MR) is 117 cm³/mol. The van der Waals surface area contributed by atoms with E-state index >= 15 is 0 Å². The Morgan fingerprint density at radius 3 is 2.35 bits per heavy atom. The van der Waals surface area contributed by atoms with Crippen molar-refractivity contribution in [1.29, 1.82) is 0 Å². The van der Waals surface area contributed by atoms with Crippen LogP contribution in [0.2, 0.25) is 5.02 Å². The van der Waals surface area contributed by atoms with Crippen LogP contribution in [0.3, 0.4) is 0 Å². The second-order valence-electron chi connectivity index (χ2n) is 6.62. The molecule has 10 heteroatoms. The molecule has 0 radical (unpaired) electrons. The molecule has 8 nitrogen and oxygen atoms in total. The minimum Gasteiger partial charge on any atom is -0.403 e. The van der Waals surface area contributed by atoms with Crippen LogP contribution in [-0.2, 0) is 10.0 Å². The predicted octanol–water partition coefficient (Wildman–Crippen LogP) is 4.73. The van der Waals surface area contributed by atoms with Crippen LogP contribution in [0.4, 0.5) is 6.01 Å². The topological polar surface area (TPSA) is 114 Å². The monoisotopic (exact) mass is 451 g/mol. The summed E-state index contributed by atoms with van der Waals surface area (Å²) in [5, 5.41) is 8.28. The summed E-state index contributed by atoms with van der Waals surface area (Å²) in [6.45, 7) is 0. The van der Waals surface area contributed by atoms with Gasteiger partial charge in [-0.05, 0) is 42.5 Å². The molecule has 0 aliphatic rings. The number of hydrogen-bond acceptors (Lipinski definition) is 6.